The Balaban J connectivity index is 1.94. The number of rotatable bonds is 7. The maximum absolute atomic E-state index is 12.0. The summed E-state index contributed by atoms with van der Waals surface area (Å²) in [5.41, 5.74) is 2.02. The summed E-state index contributed by atoms with van der Waals surface area (Å²) in [6.07, 6.45) is -1.97. The highest BCUT2D eigenvalue weighted by Gasteiger charge is 2.27. The molecule has 2 N–H and O–H groups in total. The summed E-state index contributed by atoms with van der Waals surface area (Å²) in [5, 5.41) is 9.09. The third kappa shape index (κ3) is 7.43. The van der Waals surface area contributed by atoms with Gasteiger partial charge in [0.15, 0.2) is 0 Å². The van der Waals surface area contributed by atoms with Crippen molar-refractivity contribution < 1.29 is 22.8 Å². The highest BCUT2D eigenvalue weighted by molar-refractivity contribution is 6.31. The largest absolute Gasteiger partial charge is 0.405 e. The molecule has 0 radical (unpaired) electrons. The minimum atomic E-state index is -4.51. The van der Waals surface area contributed by atoms with Crippen molar-refractivity contribution in [1.29, 1.82) is 0 Å². The van der Waals surface area contributed by atoms with E-state index in [9.17, 15) is 22.8 Å². The zero-order chi connectivity index (χ0) is 21.6. The molecule has 156 valence electrons. The zero-order valence-corrected chi connectivity index (χ0v) is 16.7. The zero-order valence-electron chi connectivity index (χ0n) is 15.2. The molecule has 2 rings (SSSR count). The lowest BCUT2D eigenvalue weighted by atomic mass is 10.2. The van der Waals surface area contributed by atoms with Gasteiger partial charge in [0.2, 0.25) is 11.8 Å². The molecule has 29 heavy (non-hydrogen) atoms. The third-order valence-electron chi connectivity index (χ3n) is 3.67. The number of alkyl halides is 3. The predicted octanol–water partition coefficient (Wildman–Crippen LogP) is 3.35. The lowest BCUT2D eigenvalue weighted by Crippen LogP contribution is -2.40. The number of halogens is 5. The highest BCUT2D eigenvalue weighted by atomic mass is 35.5. The van der Waals surface area contributed by atoms with Crippen LogP contribution in [-0.2, 0) is 16.1 Å². The second-order valence-corrected chi connectivity index (χ2v) is 6.81. The summed E-state index contributed by atoms with van der Waals surface area (Å²) in [6.45, 7) is 0.0730. The van der Waals surface area contributed by atoms with E-state index in [1.165, 1.54) is 6.08 Å². The molecule has 1 heterocycles. The molecular formula is C18H17Cl2F3N4O2. The fourth-order valence-corrected chi connectivity index (χ4v) is 2.69. The number of nitrogens with zero attached hydrogens (tertiary/aromatic N) is 2. The van der Waals surface area contributed by atoms with Crippen LogP contribution in [0.15, 0.2) is 30.3 Å². The molecule has 1 aromatic carbocycles. The summed E-state index contributed by atoms with van der Waals surface area (Å²) in [6, 6.07) is 7.17. The van der Waals surface area contributed by atoms with E-state index >= 15 is 0 Å². The fourth-order valence-electron chi connectivity index (χ4n) is 2.27. The van der Waals surface area contributed by atoms with E-state index in [-0.39, 0.29) is 0 Å². The van der Waals surface area contributed by atoms with Crippen LogP contribution in [0.1, 0.15) is 16.8 Å². The maximum Gasteiger partial charge on any atom is 0.405 e. The van der Waals surface area contributed by atoms with E-state index in [4.69, 9.17) is 23.2 Å². The molecule has 0 saturated heterocycles. The van der Waals surface area contributed by atoms with E-state index in [1.54, 1.807) is 29.1 Å². The molecule has 11 heteroatoms. The van der Waals surface area contributed by atoms with Crippen LogP contribution in [0.25, 0.3) is 6.08 Å². The Kier molecular flexibility index (Phi) is 7.69. The standard InChI is InChI=1S/C18H17Cl2F3N4O2/c1-11-14(6-7-15(28)24-8-16(29)25-10-18(21,22)23)17(20)27(26-11)9-12-2-4-13(19)5-3-12/h2-7H,8-10H2,1H3,(H,24,28)(H,25,29)/b7-6+. The van der Waals surface area contributed by atoms with Gasteiger partial charge in [0, 0.05) is 16.7 Å². The van der Waals surface area contributed by atoms with Gasteiger partial charge in [-0.25, -0.2) is 4.68 Å². The number of aromatic nitrogens is 2. The molecule has 2 amide bonds. The minimum Gasteiger partial charge on any atom is -0.345 e. The summed E-state index contributed by atoms with van der Waals surface area (Å²) in [5.74, 6) is -1.61. The van der Waals surface area contributed by atoms with Crippen molar-refractivity contribution in [2.45, 2.75) is 19.6 Å². The van der Waals surface area contributed by atoms with Crippen molar-refractivity contribution in [3.05, 3.63) is 57.3 Å². The average Bonchev–Trinajstić information content (AvgIpc) is 2.91. The molecule has 1 aromatic heterocycles. The molecule has 0 saturated carbocycles. The minimum absolute atomic E-state index is 0.310. The number of carbonyl (C=O) groups is 2. The van der Waals surface area contributed by atoms with Crippen molar-refractivity contribution >= 4 is 41.1 Å². The van der Waals surface area contributed by atoms with Crippen LogP contribution in [0.4, 0.5) is 13.2 Å². The molecule has 0 atom stereocenters. The van der Waals surface area contributed by atoms with Gasteiger partial charge in [-0.05, 0) is 30.7 Å². The van der Waals surface area contributed by atoms with E-state index in [1.807, 2.05) is 12.1 Å². The maximum atomic E-state index is 12.0. The van der Waals surface area contributed by atoms with Gasteiger partial charge in [-0.2, -0.15) is 18.3 Å². The van der Waals surface area contributed by atoms with Gasteiger partial charge in [-0.15, -0.1) is 0 Å². The molecule has 0 unspecified atom stereocenters. The quantitative estimate of drug-likeness (QED) is 0.637. The molecule has 0 aliphatic carbocycles. The van der Waals surface area contributed by atoms with E-state index in [0.717, 1.165) is 11.6 Å². The van der Waals surface area contributed by atoms with E-state index in [2.05, 4.69) is 10.4 Å². The van der Waals surface area contributed by atoms with Crippen LogP contribution in [-0.4, -0.2) is 40.9 Å². The number of hydrogen-bond donors (Lipinski definition) is 2. The highest BCUT2D eigenvalue weighted by Crippen LogP contribution is 2.22. The molecule has 6 nitrogen and oxygen atoms in total. The summed E-state index contributed by atoms with van der Waals surface area (Å²) < 4.78 is 37.6. The van der Waals surface area contributed by atoms with Crippen LogP contribution >= 0.6 is 23.2 Å². The Labute approximate surface area is 174 Å². The van der Waals surface area contributed by atoms with Gasteiger partial charge in [-0.3, -0.25) is 9.59 Å². The third-order valence-corrected chi connectivity index (χ3v) is 4.32. The topological polar surface area (TPSA) is 76.0 Å². The number of hydrogen-bond acceptors (Lipinski definition) is 3. The molecule has 0 aliphatic heterocycles. The van der Waals surface area contributed by atoms with Gasteiger partial charge in [0.1, 0.15) is 11.7 Å². The van der Waals surface area contributed by atoms with Crippen molar-refractivity contribution in [3.8, 4) is 0 Å². The molecule has 0 bridgehead atoms. The molecule has 0 fully saturated rings. The summed E-state index contributed by atoms with van der Waals surface area (Å²) in [7, 11) is 0. The monoisotopic (exact) mass is 448 g/mol. The lowest BCUT2D eigenvalue weighted by Gasteiger charge is -2.08. The first-order valence-corrected chi connectivity index (χ1v) is 9.07. The number of carbonyl (C=O) groups excluding carboxylic acids is 2. The molecule has 2 aromatic rings. The normalized spacial score (nSPS) is 11.7. The summed E-state index contributed by atoms with van der Waals surface area (Å²) in [4.78, 5) is 23.1. The first-order chi connectivity index (χ1) is 13.5. The SMILES string of the molecule is Cc1nn(Cc2ccc(Cl)cc2)c(Cl)c1/C=C/C(=O)NCC(=O)NCC(F)(F)F. The fraction of sp³-hybridized carbons (Fsp3) is 0.278. The number of amides is 2. The first-order valence-electron chi connectivity index (χ1n) is 8.32. The van der Waals surface area contributed by atoms with Gasteiger partial charge in [0.05, 0.1) is 18.8 Å². The first kappa shape index (κ1) is 22.8. The number of nitrogens with one attached hydrogen (secondary N) is 2. The van der Waals surface area contributed by atoms with Crippen molar-refractivity contribution in [3.63, 3.8) is 0 Å². The Morgan fingerprint density at radius 3 is 2.45 bits per heavy atom. The van der Waals surface area contributed by atoms with Gasteiger partial charge in [-0.1, -0.05) is 35.3 Å². The van der Waals surface area contributed by atoms with Crippen LogP contribution in [0, 0.1) is 6.92 Å². The van der Waals surface area contributed by atoms with Gasteiger partial charge >= 0.3 is 6.18 Å². The van der Waals surface area contributed by atoms with Gasteiger partial charge in [0.25, 0.3) is 0 Å². The lowest BCUT2D eigenvalue weighted by molar-refractivity contribution is -0.138. The van der Waals surface area contributed by atoms with Crippen LogP contribution in [0.5, 0.6) is 0 Å². The molecule has 0 spiro atoms. The Hall–Kier alpha value is -2.52. The molecular weight excluding hydrogens is 432 g/mol. The smallest absolute Gasteiger partial charge is 0.345 e. The Morgan fingerprint density at radius 2 is 1.83 bits per heavy atom. The van der Waals surface area contributed by atoms with E-state index in [0.29, 0.717) is 28.0 Å². The van der Waals surface area contributed by atoms with Crippen molar-refractivity contribution in [2.75, 3.05) is 13.1 Å². The molecule has 0 aliphatic rings. The number of benzene rings is 1. The second kappa shape index (κ2) is 9.80. The van der Waals surface area contributed by atoms with Crippen LogP contribution < -0.4 is 10.6 Å². The average molecular weight is 449 g/mol. The summed E-state index contributed by atoms with van der Waals surface area (Å²) >= 11 is 12.2. The second-order valence-electron chi connectivity index (χ2n) is 6.02. The predicted molar refractivity (Wildman–Crippen MR) is 104 cm³/mol. The Morgan fingerprint density at radius 1 is 1.17 bits per heavy atom. The number of aryl methyl sites for hydroxylation is 1. The van der Waals surface area contributed by atoms with E-state index < -0.39 is 31.1 Å². The Bertz CT molecular complexity index is 909. The van der Waals surface area contributed by atoms with Gasteiger partial charge < -0.3 is 10.6 Å². The van der Waals surface area contributed by atoms with Crippen LogP contribution in [0.2, 0.25) is 10.2 Å². The van der Waals surface area contributed by atoms with Crippen molar-refractivity contribution in [2.24, 2.45) is 0 Å². The van der Waals surface area contributed by atoms with Crippen molar-refractivity contribution in [1.82, 2.24) is 20.4 Å². The van der Waals surface area contributed by atoms with Crippen LogP contribution in [0.3, 0.4) is 0 Å².